The number of carbonyl (C=O) groups excluding carboxylic acids is 1. The van der Waals surface area contributed by atoms with Crippen molar-refractivity contribution in [3.8, 4) is 11.8 Å². The van der Waals surface area contributed by atoms with E-state index < -0.39 is 5.92 Å². The number of nitriles is 1. The van der Waals surface area contributed by atoms with Crippen molar-refractivity contribution in [2.45, 2.75) is 39.5 Å². The summed E-state index contributed by atoms with van der Waals surface area (Å²) in [4.78, 5) is 13.6. The van der Waals surface area contributed by atoms with Crippen molar-refractivity contribution in [1.29, 1.82) is 5.26 Å². The number of morpholine rings is 1. The van der Waals surface area contributed by atoms with E-state index in [1.807, 2.05) is 36.2 Å². The van der Waals surface area contributed by atoms with E-state index in [-0.39, 0.29) is 11.2 Å². The molecular formula is C24H30N4O3. The van der Waals surface area contributed by atoms with Crippen molar-refractivity contribution >= 4 is 5.78 Å². The van der Waals surface area contributed by atoms with Gasteiger partial charge in [0, 0.05) is 36.3 Å². The SMILES string of the molecule is CCOc1ccccc1C1C(C#N)=C(N)N(N2CCOCC2)C2=C1C(=O)CC(C)(C)C2. The summed E-state index contributed by atoms with van der Waals surface area (Å²) < 4.78 is 11.4. The molecule has 2 aliphatic heterocycles. The topological polar surface area (TPSA) is 91.8 Å². The zero-order chi connectivity index (χ0) is 22.2. The highest BCUT2D eigenvalue weighted by Gasteiger charge is 2.46. The standard InChI is InChI=1S/C24H30N4O3/c1-4-31-20-8-6-5-7-16(20)21-17(15-25)23(26)28(27-9-11-30-12-10-27)18-13-24(2,3)14-19(29)22(18)21/h5-8,21H,4,9-14,26H2,1-3H3. The largest absolute Gasteiger partial charge is 0.494 e. The Balaban J connectivity index is 1.93. The maximum atomic E-state index is 13.6. The van der Waals surface area contributed by atoms with Crippen molar-refractivity contribution in [2.75, 3.05) is 32.9 Å². The normalized spacial score (nSPS) is 24.1. The zero-order valence-electron chi connectivity index (χ0n) is 18.5. The number of nitrogens with two attached hydrogens (primary N) is 1. The first-order valence-electron chi connectivity index (χ1n) is 10.9. The third-order valence-electron chi connectivity index (χ3n) is 6.15. The molecule has 7 nitrogen and oxygen atoms in total. The summed E-state index contributed by atoms with van der Waals surface area (Å²) in [7, 11) is 0. The molecule has 0 amide bonds. The van der Waals surface area contributed by atoms with Crippen LogP contribution in [-0.2, 0) is 9.53 Å². The van der Waals surface area contributed by atoms with Crippen LogP contribution in [0.2, 0.25) is 0 Å². The molecule has 2 heterocycles. The van der Waals surface area contributed by atoms with Crippen LogP contribution in [0, 0.1) is 16.7 Å². The number of rotatable bonds is 4. The second-order valence-corrected chi connectivity index (χ2v) is 8.99. The fourth-order valence-electron chi connectivity index (χ4n) is 4.89. The van der Waals surface area contributed by atoms with Crippen molar-refractivity contribution < 1.29 is 14.3 Å². The van der Waals surface area contributed by atoms with Gasteiger partial charge in [0.2, 0.25) is 0 Å². The van der Waals surface area contributed by atoms with Crippen LogP contribution >= 0.6 is 0 Å². The predicted octanol–water partition coefficient (Wildman–Crippen LogP) is 3.07. The molecule has 1 unspecified atom stereocenters. The third-order valence-corrected chi connectivity index (χ3v) is 6.15. The minimum absolute atomic E-state index is 0.0704. The third kappa shape index (κ3) is 3.82. The Morgan fingerprint density at radius 3 is 2.65 bits per heavy atom. The van der Waals surface area contributed by atoms with Crippen LogP contribution in [0.4, 0.5) is 0 Å². The lowest BCUT2D eigenvalue weighted by Gasteiger charge is -2.48. The Labute approximate surface area is 183 Å². The van der Waals surface area contributed by atoms with Crippen LogP contribution in [0.15, 0.2) is 46.9 Å². The second-order valence-electron chi connectivity index (χ2n) is 8.99. The number of ether oxygens (including phenoxy) is 2. The molecule has 0 spiro atoms. The van der Waals surface area contributed by atoms with E-state index in [2.05, 4.69) is 24.9 Å². The number of carbonyl (C=O) groups is 1. The summed E-state index contributed by atoms with van der Waals surface area (Å²) in [6, 6.07) is 9.96. The molecule has 0 radical (unpaired) electrons. The molecular weight excluding hydrogens is 392 g/mol. The molecule has 31 heavy (non-hydrogen) atoms. The first-order chi connectivity index (χ1) is 14.9. The first kappa shape index (κ1) is 21.4. The van der Waals surface area contributed by atoms with Gasteiger partial charge in [0.25, 0.3) is 0 Å². The quantitative estimate of drug-likeness (QED) is 0.797. The Hall–Kier alpha value is -2.82. The maximum Gasteiger partial charge on any atom is 0.162 e. The number of allylic oxidation sites excluding steroid dienone is 3. The summed E-state index contributed by atoms with van der Waals surface area (Å²) in [5, 5.41) is 14.2. The highest BCUT2D eigenvalue weighted by Crippen LogP contribution is 2.50. The van der Waals surface area contributed by atoms with E-state index in [4.69, 9.17) is 15.2 Å². The number of ketones is 1. The fourth-order valence-corrected chi connectivity index (χ4v) is 4.89. The zero-order valence-corrected chi connectivity index (χ0v) is 18.5. The smallest absolute Gasteiger partial charge is 0.162 e. The van der Waals surface area contributed by atoms with Crippen LogP contribution < -0.4 is 10.5 Å². The van der Waals surface area contributed by atoms with Gasteiger partial charge in [0.15, 0.2) is 5.78 Å². The van der Waals surface area contributed by atoms with Gasteiger partial charge in [-0.25, -0.2) is 5.01 Å². The summed E-state index contributed by atoms with van der Waals surface area (Å²) in [5.41, 5.74) is 9.26. The van der Waals surface area contributed by atoms with Gasteiger partial charge in [-0.05, 0) is 24.8 Å². The van der Waals surface area contributed by atoms with Crippen LogP contribution in [0.5, 0.6) is 5.75 Å². The minimum Gasteiger partial charge on any atom is -0.494 e. The summed E-state index contributed by atoms with van der Waals surface area (Å²) >= 11 is 0. The lowest BCUT2D eigenvalue weighted by atomic mass is 9.69. The molecule has 0 saturated carbocycles. The van der Waals surface area contributed by atoms with Gasteiger partial charge >= 0.3 is 0 Å². The second kappa shape index (κ2) is 8.37. The first-order valence-corrected chi connectivity index (χ1v) is 10.9. The predicted molar refractivity (Wildman–Crippen MR) is 116 cm³/mol. The van der Waals surface area contributed by atoms with Crippen molar-refractivity contribution in [2.24, 2.45) is 11.1 Å². The lowest BCUT2D eigenvalue weighted by molar-refractivity contribution is -0.119. The molecule has 0 bridgehead atoms. The van der Waals surface area contributed by atoms with E-state index in [1.165, 1.54) is 0 Å². The van der Waals surface area contributed by atoms with Gasteiger partial charge in [-0.1, -0.05) is 32.0 Å². The molecule has 1 fully saturated rings. The summed E-state index contributed by atoms with van der Waals surface area (Å²) in [6.45, 7) is 9.12. The van der Waals surface area contributed by atoms with E-state index >= 15 is 0 Å². The number of hydrazine groups is 1. The number of nitrogens with zero attached hydrogens (tertiary/aromatic N) is 3. The minimum atomic E-state index is -0.524. The van der Waals surface area contributed by atoms with Crippen molar-refractivity contribution in [1.82, 2.24) is 10.0 Å². The Morgan fingerprint density at radius 1 is 1.26 bits per heavy atom. The van der Waals surface area contributed by atoms with Gasteiger partial charge < -0.3 is 15.2 Å². The van der Waals surface area contributed by atoms with Crippen molar-refractivity contribution in [3.05, 3.63) is 52.5 Å². The van der Waals surface area contributed by atoms with E-state index in [0.29, 0.717) is 68.5 Å². The number of benzene rings is 1. The fraction of sp³-hybridized carbons (Fsp3) is 0.500. The number of hydrogen-bond acceptors (Lipinski definition) is 7. The molecule has 0 aromatic heterocycles. The highest BCUT2D eigenvalue weighted by atomic mass is 16.5. The van der Waals surface area contributed by atoms with Gasteiger partial charge in [-0.3, -0.25) is 9.80 Å². The van der Waals surface area contributed by atoms with Crippen LogP contribution in [0.1, 0.15) is 45.1 Å². The van der Waals surface area contributed by atoms with Crippen molar-refractivity contribution in [3.63, 3.8) is 0 Å². The molecule has 7 heteroatoms. The molecule has 1 aromatic carbocycles. The van der Waals surface area contributed by atoms with Gasteiger partial charge in [-0.15, -0.1) is 0 Å². The van der Waals surface area contributed by atoms with E-state index in [1.54, 1.807) is 0 Å². The molecule has 3 aliphatic rings. The molecule has 1 atom stereocenters. The van der Waals surface area contributed by atoms with Crippen LogP contribution in [0.25, 0.3) is 0 Å². The monoisotopic (exact) mass is 422 g/mol. The van der Waals surface area contributed by atoms with Gasteiger partial charge in [0.1, 0.15) is 11.6 Å². The summed E-state index contributed by atoms with van der Waals surface area (Å²) in [6.07, 6.45) is 1.15. The van der Waals surface area contributed by atoms with Crippen LogP contribution in [-0.4, -0.2) is 48.7 Å². The highest BCUT2D eigenvalue weighted by molar-refractivity contribution is 6.00. The van der Waals surface area contributed by atoms with E-state index in [0.717, 1.165) is 11.3 Å². The number of Topliss-reactive ketones (excluding diaryl/α,β-unsaturated/α-hetero) is 1. The Kier molecular flexibility index (Phi) is 5.78. The molecule has 1 aromatic rings. The number of para-hydroxylation sites is 1. The molecule has 164 valence electrons. The maximum absolute atomic E-state index is 13.6. The van der Waals surface area contributed by atoms with Gasteiger partial charge in [0.05, 0.1) is 37.4 Å². The van der Waals surface area contributed by atoms with Crippen LogP contribution in [0.3, 0.4) is 0 Å². The summed E-state index contributed by atoms with van der Waals surface area (Å²) in [5.74, 6) is 0.620. The Bertz CT molecular complexity index is 983. The molecule has 1 aliphatic carbocycles. The van der Waals surface area contributed by atoms with E-state index in [9.17, 15) is 10.1 Å². The molecule has 1 saturated heterocycles. The number of hydrogen-bond donors (Lipinski definition) is 1. The molecule has 4 rings (SSSR count). The Morgan fingerprint density at radius 2 is 1.97 bits per heavy atom. The van der Waals surface area contributed by atoms with Gasteiger partial charge in [-0.2, -0.15) is 5.26 Å². The average Bonchev–Trinajstić information content (AvgIpc) is 2.73. The lowest BCUT2D eigenvalue weighted by Crippen LogP contribution is -2.53. The average molecular weight is 423 g/mol. The molecule has 2 N–H and O–H groups in total.